The molecule has 0 aromatic rings. The van der Waals surface area contributed by atoms with E-state index in [0.717, 1.165) is 0 Å². The van der Waals surface area contributed by atoms with Crippen molar-refractivity contribution in [1.29, 1.82) is 0 Å². The number of hydrogen-bond donors (Lipinski definition) is 2. The summed E-state index contributed by atoms with van der Waals surface area (Å²) in [7, 11) is -3.22. The Bertz CT molecular complexity index is 339. The molecular formula is C8H15NO5S. The highest BCUT2D eigenvalue weighted by molar-refractivity contribution is 7.91. The molecule has 1 aliphatic rings. The molecule has 0 radical (unpaired) electrons. The van der Waals surface area contributed by atoms with Gasteiger partial charge < -0.3 is 10.2 Å². The molecule has 0 spiro atoms. The van der Waals surface area contributed by atoms with Gasteiger partial charge in [0.15, 0.2) is 9.84 Å². The molecule has 2 atom stereocenters. The molecule has 0 aromatic heterocycles. The Hall–Kier alpha value is -0.660. The Labute approximate surface area is 88.4 Å². The first-order valence-electron chi connectivity index (χ1n) is 4.70. The minimum Gasteiger partial charge on any atom is -0.480 e. The summed E-state index contributed by atoms with van der Waals surface area (Å²) in [5.41, 5.74) is 0. The van der Waals surface area contributed by atoms with Crippen molar-refractivity contribution in [1.82, 2.24) is 4.90 Å². The van der Waals surface area contributed by atoms with Crippen LogP contribution in [0.1, 0.15) is 6.92 Å². The van der Waals surface area contributed by atoms with Crippen LogP contribution in [0.5, 0.6) is 0 Å². The van der Waals surface area contributed by atoms with Gasteiger partial charge in [-0.1, -0.05) is 6.92 Å². The standard InChI is InChI=1S/C8H15NO5S/c1-2-9(3-8(11)12)6-4-15(13,14)5-7(6)10/h6-7,10H,2-5H2,1H3,(H,11,12). The van der Waals surface area contributed by atoms with Crippen molar-refractivity contribution in [2.24, 2.45) is 0 Å². The fourth-order valence-electron chi connectivity index (χ4n) is 1.80. The van der Waals surface area contributed by atoms with E-state index in [9.17, 15) is 18.3 Å². The average molecular weight is 237 g/mol. The Morgan fingerprint density at radius 1 is 1.47 bits per heavy atom. The maximum atomic E-state index is 11.2. The molecule has 6 nitrogen and oxygen atoms in total. The normalized spacial score (nSPS) is 29.5. The van der Waals surface area contributed by atoms with Gasteiger partial charge >= 0.3 is 5.97 Å². The summed E-state index contributed by atoms with van der Waals surface area (Å²) in [6, 6.07) is -0.587. The molecule has 1 aliphatic heterocycles. The number of carboxylic acids is 1. The van der Waals surface area contributed by atoms with E-state index < -0.39 is 28.0 Å². The lowest BCUT2D eigenvalue weighted by atomic mass is 10.2. The largest absolute Gasteiger partial charge is 0.480 e. The number of likely N-dealkylation sites (N-methyl/N-ethyl adjacent to an activating group) is 1. The van der Waals surface area contributed by atoms with Gasteiger partial charge in [0.25, 0.3) is 0 Å². The molecule has 0 aromatic carbocycles. The van der Waals surface area contributed by atoms with Crippen LogP contribution in [0.3, 0.4) is 0 Å². The van der Waals surface area contributed by atoms with E-state index in [-0.39, 0.29) is 18.1 Å². The van der Waals surface area contributed by atoms with Crippen LogP contribution in [0.25, 0.3) is 0 Å². The zero-order chi connectivity index (χ0) is 11.6. The van der Waals surface area contributed by atoms with Crippen molar-refractivity contribution in [2.75, 3.05) is 24.6 Å². The zero-order valence-electron chi connectivity index (χ0n) is 8.46. The van der Waals surface area contributed by atoms with E-state index >= 15 is 0 Å². The van der Waals surface area contributed by atoms with Gasteiger partial charge in [-0.3, -0.25) is 9.69 Å². The predicted octanol–water partition coefficient (Wildman–Crippen LogP) is -1.45. The highest BCUT2D eigenvalue weighted by atomic mass is 32.2. The summed E-state index contributed by atoms with van der Waals surface area (Å²) in [5.74, 6) is -1.45. The molecule has 1 saturated heterocycles. The Morgan fingerprint density at radius 3 is 2.40 bits per heavy atom. The van der Waals surface area contributed by atoms with Gasteiger partial charge in [-0.2, -0.15) is 0 Å². The molecule has 1 heterocycles. The maximum absolute atomic E-state index is 11.2. The minimum absolute atomic E-state index is 0.157. The maximum Gasteiger partial charge on any atom is 0.317 e. The quantitative estimate of drug-likeness (QED) is 0.621. The van der Waals surface area contributed by atoms with Crippen LogP contribution >= 0.6 is 0 Å². The number of aliphatic hydroxyl groups excluding tert-OH is 1. The van der Waals surface area contributed by atoms with Crippen LogP contribution in [0, 0.1) is 0 Å². The first-order chi connectivity index (χ1) is 6.85. The Kier molecular flexibility index (Phi) is 3.69. The SMILES string of the molecule is CCN(CC(=O)O)C1CS(=O)(=O)CC1O. The van der Waals surface area contributed by atoms with Crippen molar-refractivity contribution < 1.29 is 23.4 Å². The lowest BCUT2D eigenvalue weighted by Crippen LogP contribution is -2.45. The van der Waals surface area contributed by atoms with Gasteiger partial charge in [-0.05, 0) is 6.54 Å². The van der Waals surface area contributed by atoms with Gasteiger partial charge in [-0.15, -0.1) is 0 Å². The molecular weight excluding hydrogens is 222 g/mol. The Balaban J connectivity index is 2.73. The third-order valence-electron chi connectivity index (χ3n) is 2.51. The molecule has 7 heteroatoms. The molecule has 1 fully saturated rings. The topological polar surface area (TPSA) is 94.9 Å². The molecule has 0 bridgehead atoms. The number of rotatable bonds is 4. The van der Waals surface area contributed by atoms with E-state index in [1.54, 1.807) is 6.92 Å². The summed E-state index contributed by atoms with van der Waals surface area (Å²) < 4.78 is 22.4. The molecule has 15 heavy (non-hydrogen) atoms. The van der Waals surface area contributed by atoms with Gasteiger partial charge in [-0.25, -0.2) is 8.42 Å². The van der Waals surface area contributed by atoms with Crippen LogP contribution in [0.4, 0.5) is 0 Å². The number of aliphatic carboxylic acids is 1. The van der Waals surface area contributed by atoms with Crippen LogP contribution < -0.4 is 0 Å². The zero-order valence-corrected chi connectivity index (χ0v) is 9.27. The number of carbonyl (C=O) groups is 1. The summed E-state index contributed by atoms with van der Waals surface area (Å²) in [5, 5.41) is 18.1. The molecule has 1 rings (SSSR count). The van der Waals surface area contributed by atoms with Crippen molar-refractivity contribution in [3.8, 4) is 0 Å². The highest BCUT2D eigenvalue weighted by Crippen LogP contribution is 2.18. The van der Waals surface area contributed by atoms with E-state index in [0.29, 0.717) is 6.54 Å². The van der Waals surface area contributed by atoms with Gasteiger partial charge in [0, 0.05) is 0 Å². The number of sulfone groups is 1. The van der Waals surface area contributed by atoms with Crippen molar-refractivity contribution in [3.63, 3.8) is 0 Å². The fourth-order valence-corrected chi connectivity index (χ4v) is 3.63. The predicted molar refractivity (Wildman–Crippen MR) is 53.3 cm³/mol. The lowest BCUT2D eigenvalue weighted by Gasteiger charge is -2.26. The van der Waals surface area contributed by atoms with Crippen LogP contribution in [-0.2, 0) is 14.6 Å². The van der Waals surface area contributed by atoms with Crippen LogP contribution in [0.2, 0.25) is 0 Å². The van der Waals surface area contributed by atoms with Gasteiger partial charge in [0.1, 0.15) is 0 Å². The third kappa shape index (κ3) is 3.15. The van der Waals surface area contributed by atoms with Crippen molar-refractivity contribution in [3.05, 3.63) is 0 Å². The molecule has 0 saturated carbocycles. The molecule has 88 valence electrons. The first-order valence-corrected chi connectivity index (χ1v) is 6.52. The average Bonchev–Trinajstić information content (AvgIpc) is 2.35. The lowest BCUT2D eigenvalue weighted by molar-refractivity contribution is -0.139. The molecule has 2 N–H and O–H groups in total. The van der Waals surface area contributed by atoms with Crippen LogP contribution in [0.15, 0.2) is 0 Å². The fraction of sp³-hybridized carbons (Fsp3) is 0.875. The Morgan fingerprint density at radius 2 is 2.07 bits per heavy atom. The summed E-state index contributed by atoms with van der Waals surface area (Å²) in [6.07, 6.45) is -0.978. The van der Waals surface area contributed by atoms with E-state index in [2.05, 4.69) is 0 Å². The monoisotopic (exact) mass is 237 g/mol. The van der Waals surface area contributed by atoms with Crippen molar-refractivity contribution >= 4 is 15.8 Å². The smallest absolute Gasteiger partial charge is 0.317 e. The van der Waals surface area contributed by atoms with E-state index in [1.807, 2.05) is 0 Å². The summed E-state index contributed by atoms with van der Waals surface area (Å²) >= 11 is 0. The first kappa shape index (κ1) is 12.4. The second-order valence-electron chi connectivity index (χ2n) is 3.67. The van der Waals surface area contributed by atoms with Crippen LogP contribution in [-0.4, -0.2) is 66.2 Å². The number of hydrogen-bond acceptors (Lipinski definition) is 5. The third-order valence-corrected chi connectivity index (χ3v) is 4.21. The second kappa shape index (κ2) is 4.46. The minimum atomic E-state index is -3.22. The molecule has 0 aliphatic carbocycles. The van der Waals surface area contributed by atoms with E-state index in [4.69, 9.17) is 5.11 Å². The van der Waals surface area contributed by atoms with Crippen molar-refractivity contribution in [2.45, 2.75) is 19.1 Å². The highest BCUT2D eigenvalue weighted by Gasteiger charge is 2.39. The summed E-state index contributed by atoms with van der Waals surface area (Å²) in [4.78, 5) is 12.0. The number of carboxylic acid groups (broad SMARTS) is 1. The molecule has 2 unspecified atom stereocenters. The molecule has 0 amide bonds. The second-order valence-corrected chi connectivity index (χ2v) is 5.82. The van der Waals surface area contributed by atoms with Gasteiger partial charge in [0.05, 0.1) is 30.2 Å². The number of aliphatic hydroxyl groups is 1. The van der Waals surface area contributed by atoms with E-state index in [1.165, 1.54) is 4.90 Å². The number of nitrogens with zero attached hydrogens (tertiary/aromatic N) is 1. The summed E-state index contributed by atoms with van der Waals surface area (Å²) in [6.45, 7) is 1.90. The van der Waals surface area contributed by atoms with Gasteiger partial charge in [0.2, 0.25) is 0 Å².